The van der Waals surface area contributed by atoms with Gasteiger partial charge in [0.2, 0.25) is 0 Å². The van der Waals surface area contributed by atoms with Crippen LogP contribution in [0.1, 0.15) is 13.8 Å². The molecule has 0 N–H and O–H groups in total. The number of carbonyl (C=O) groups excluding carboxylic acids is 2. The van der Waals surface area contributed by atoms with E-state index in [0.717, 1.165) is 0 Å². The minimum atomic E-state index is -1.19. The van der Waals surface area contributed by atoms with Gasteiger partial charge in [0.1, 0.15) is 0 Å². The molecule has 0 spiro atoms. The number of carboxylic acids is 2. The van der Waals surface area contributed by atoms with Crippen LogP contribution < -0.4 is 10.2 Å². The summed E-state index contributed by atoms with van der Waals surface area (Å²) in [6.07, 6.45) is 0. The molecule has 0 heterocycles. The summed E-state index contributed by atoms with van der Waals surface area (Å²) in [6.45, 7) is 8.95. The zero-order valence-electron chi connectivity index (χ0n) is 11.3. The van der Waals surface area contributed by atoms with Crippen molar-refractivity contribution >= 4 is 11.9 Å². The van der Waals surface area contributed by atoms with E-state index in [1.807, 2.05) is 0 Å². The third-order valence-corrected chi connectivity index (χ3v) is 0.697. The predicted octanol–water partition coefficient (Wildman–Crippen LogP) is -1.86. The first-order valence-electron chi connectivity index (χ1n) is 3.02. The van der Waals surface area contributed by atoms with Crippen LogP contribution >= 0.6 is 0 Å². The van der Waals surface area contributed by atoms with Gasteiger partial charge < -0.3 is 41.7 Å². The van der Waals surface area contributed by atoms with E-state index in [1.54, 1.807) is 0 Å². The zero-order chi connectivity index (χ0) is 10.3. The van der Waals surface area contributed by atoms with Crippen LogP contribution in [-0.4, -0.2) is 11.9 Å². The maximum atomic E-state index is 9.49. The summed E-state index contributed by atoms with van der Waals surface area (Å²) >= 11 is 0. The molecule has 0 saturated heterocycles. The minimum Gasteiger partial charge on any atom is -2.00 e. The molecule has 20 heavy (non-hydrogen) atoms. The monoisotopic (exact) mass is 474 g/mol. The second kappa shape index (κ2) is 42.7. The zero-order valence-corrected chi connectivity index (χ0v) is 21.8. The number of hydrogen-bond donors (Lipinski definition) is 0. The Morgan fingerprint density at radius 1 is 0.700 bits per heavy atom. The van der Waals surface area contributed by atoms with Crippen molar-refractivity contribution in [1.82, 2.24) is 0 Å². The van der Waals surface area contributed by atoms with Crippen LogP contribution in [0.25, 0.3) is 0 Å². The van der Waals surface area contributed by atoms with Crippen molar-refractivity contribution in [2.24, 2.45) is 0 Å². The normalized spacial score (nSPS) is 4.50. The van der Waals surface area contributed by atoms with Gasteiger partial charge in [-0.3, -0.25) is 0 Å². The fraction of sp³-hybridized carbons (Fsp3) is 0.250. The van der Waals surface area contributed by atoms with E-state index in [2.05, 4.69) is 13.2 Å². The molecule has 8 nitrogen and oxygen atoms in total. The third-order valence-electron chi connectivity index (χ3n) is 0.697. The summed E-state index contributed by atoms with van der Waals surface area (Å²) in [4.78, 5) is 19.0. The molecule has 0 rings (SSSR count). The van der Waals surface area contributed by atoms with E-state index in [4.69, 9.17) is 0 Å². The van der Waals surface area contributed by atoms with Gasteiger partial charge in [-0.05, 0) is 25.0 Å². The average molecular weight is 478 g/mol. The van der Waals surface area contributed by atoms with Gasteiger partial charge in [0.25, 0.3) is 0 Å². The van der Waals surface area contributed by atoms with E-state index in [0.29, 0.717) is 0 Å². The number of rotatable bonds is 2. The van der Waals surface area contributed by atoms with Gasteiger partial charge >= 0.3 is 80.2 Å². The SMILES string of the molecule is C=C(C)C(=O)[O-].C=C(C)C(=O)[O-].[O-2].[O-2].[O-2].[O-2].[Ti+4].[Zn+2].[Zn+2].[Zn+2]. The Bertz CT molecular complexity index is 190. The smallest absolute Gasteiger partial charge is 2.00 e. The summed E-state index contributed by atoms with van der Waals surface area (Å²) < 4.78 is 0. The first-order chi connectivity index (χ1) is 5.29. The van der Waals surface area contributed by atoms with Crippen molar-refractivity contribution in [3.8, 4) is 0 Å². The van der Waals surface area contributed by atoms with Crippen molar-refractivity contribution in [2.45, 2.75) is 13.8 Å². The number of aliphatic carboxylic acids is 2. The van der Waals surface area contributed by atoms with E-state index < -0.39 is 11.9 Å². The van der Waals surface area contributed by atoms with E-state index >= 15 is 0 Å². The predicted molar refractivity (Wildman–Crippen MR) is 42.4 cm³/mol. The molecule has 0 fully saturated rings. The molecule has 0 amide bonds. The van der Waals surface area contributed by atoms with Gasteiger partial charge in [-0.1, -0.05) is 13.2 Å². The van der Waals surface area contributed by atoms with Crippen molar-refractivity contribution in [3.05, 3.63) is 24.3 Å². The molecule has 0 aliphatic heterocycles. The average Bonchev–Trinajstić information content (AvgIpc) is 1.88. The summed E-state index contributed by atoms with van der Waals surface area (Å²) in [7, 11) is 0. The van der Waals surface area contributed by atoms with Gasteiger partial charge in [-0.15, -0.1) is 0 Å². The van der Waals surface area contributed by atoms with Gasteiger partial charge in [0.15, 0.2) is 0 Å². The molecule has 0 unspecified atom stereocenters. The summed E-state index contributed by atoms with van der Waals surface area (Å²) in [5.41, 5.74) is 0.130. The molecular weight excluding hydrogens is 468 g/mol. The third kappa shape index (κ3) is 76.7. The van der Waals surface area contributed by atoms with Crippen LogP contribution in [-0.2, 0) is 112 Å². The molecule has 0 aliphatic carbocycles. The topological polar surface area (TPSA) is 194 Å². The van der Waals surface area contributed by atoms with Gasteiger partial charge in [0, 0.05) is 0 Å². The standard InChI is InChI=1S/2C4H6O2.4O.Ti.3Zn/c2*1-3(2)4(5)6;;;;;;;;/h2*1H2,2H3,(H,5,6);;;;;;;;/q;;4*-2;+4;3*+2/p-2. The van der Waals surface area contributed by atoms with Crippen molar-refractivity contribution in [1.29, 1.82) is 0 Å². The molecular formula is C8H10O8TiZn3. The molecule has 100 valence electrons. The molecule has 0 aromatic carbocycles. The van der Waals surface area contributed by atoms with Crippen molar-refractivity contribution in [2.75, 3.05) is 0 Å². The molecule has 0 aromatic rings. The second-order valence-corrected chi connectivity index (χ2v) is 2.14. The molecule has 0 radical (unpaired) electrons. The van der Waals surface area contributed by atoms with Crippen LogP contribution in [0.5, 0.6) is 0 Å². The molecule has 0 aromatic heterocycles. The Morgan fingerprint density at radius 2 is 0.750 bits per heavy atom. The Balaban J connectivity index is -0.00000000893. The molecule has 0 bridgehead atoms. The largest absolute Gasteiger partial charge is 4.00 e. The van der Waals surface area contributed by atoms with Crippen LogP contribution in [0.4, 0.5) is 0 Å². The van der Waals surface area contributed by atoms with Crippen LogP contribution in [0, 0.1) is 0 Å². The Morgan fingerprint density at radius 3 is 0.750 bits per heavy atom. The number of carboxylic acid groups (broad SMARTS) is 2. The molecule has 12 heteroatoms. The quantitative estimate of drug-likeness (QED) is 0.332. The van der Waals surface area contributed by atoms with Crippen LogP contribution in [0.15, 0.2) is 24.3 Å². The van der Waals surface area contributed by atoms with Crippen molar-refractivity contribution < 1.29 is 122 Å². The number of carbonyl (C=O) groups is 2. The van der Waals surface area contributed by atoms with Crippen molar-refractivity contribution in [3.63, 3.8) is 0 Å². The van der Waals surface area contributed by atoms with Gasteiger partial charge in [-0.2, -0.15) is 0 Å². The Hall–Kier alpha value is 0.844. The first kappa shape index (κ1) is 69.8. The first-order valence-corrected chi connectivity index (χ1v) is 3.02. The molecule has 0 atom stereocenters. The molecule has 0 saturated carbocycles. The van der Waals surface area contributed by atoms with E-state index in [1.165, 1.54) is 13.8 Å². The minimum absolute atomic E-state index is 0. The Kier molecular flexibility index (Phi) is 149. The van der Waals surface area contributed by atoms with Gasteiger partial charge in [-0.25, -0.2) is 0 Å². The maximum Gasteiger partial charge on any atom is 4.00 e. The summed E-state index contributed by atoms with van der Waals surface area (Å²) in [5.74, 6) is -2.37. The second-order valence-electron chi connectivity index (χ2n) is 2.14. The fourth-order valence-corrected chi connectivity index (χ4v) is 0. The van der Waals surface area contributed by atoms with Gasteiger partial charge in [0.05, 0.1) is 11.9 Å². The summed E-state index contributed by atoms with van der Waals surface area (Å²) in [6, 6.07) is 0. The molecule has 0 aliphatic rings. The maximum absolute atomic E-state index is 9.49. The fourth-order valence-electron chi connectivity index (χ4n) is 0. The van der Waals surface area contributed by atoms with E-state index in [9.17, 15) is 19.8 Å². The van der Waals surface area contributed by atoms with Crippen LogP contribution in [0.3, 0.4) is 0 Å². The Labute approximate surface area is 170 Å². The van der Waals surface area contributed by atoms with Crippen LogP contribution in [0.2, 0.25) is 0 Å². The number of hydrogen-bond acceptors (Lipinski definition) is 4. The summed E-state index contributed by atoms with van der Waals surface area (Å²) in [5, 5.41) is 19.0. The van der Waals surface area contributed by atoms with E-state index in [-0.39, 0.29) is 113 Å².